The maximum atomic E-state index is 13.0. The molecule has 1 aliphatic rings. The third-order valence-electron chi connectivity index (χ3n) is 4.19. The van der Waals surface area contributed by atoms with Crippen LogP contribution in [0.4, 0.5) is 10.5 Å². The zero-order valence-corrected chi connectivity index (χ0v) is 19.3. The van der Waals surface area contributed by atoms with Crippen molar-refractivity contribution in [2.75, 3.05) is 4.90 Å². The molecule has 2 heterocycles. The summed E-state index contributed by atoms with van der Waals surface area (Å²) in [5.41, 5.74) is -0.0826. The van der Waals surface area contributed by atoms with E-state index in [2.05, 4.69) is 5.32 Å². The van der Waals surface area contributed by atoms with Gasteiger partial charge < -0.3 is 0 Å². The van der Waals surface area contributed by atoms with E-state index in [-0.39, 0.29) is 21.3 Å². The summed E-state index contributed by atoms with van der Waals surface area (Å²) in [5.74, 6) is -1.55. The fourth-order valence-electron chi connectivity index (χ4n) is 2.77. The van der Waals surface area contributed by atoms with Crippen molar-refractivity contribution in [1.82, 2.24) is 5.32 Å². The van der Waals surface area contributed by atoms with E-state index in [0.29, 0.717) is 9.90 Å². The van der Waals surface area contributed by atoms with Crippen molar-refractivity contribution in [3.63, 3.8) is 0 Å². The Morgan fingerprint density at radius 1 is 0.935 bits per heavy atom. The van der Waals surface area contributed by atoms with Crippen LogP contribution in [0.2, 0.25) is 15.1 Å². The third kappa shape index (κ3) is 4.66. The molecule has 156 valence electrons. The predicted octanol–water partition coefficient (Wildman–Crippen LogP) is 6.53. The van der Waals surface area contributed by atoms with Crippen molar-refractivity contribution in [2.24, 2.45) is 0 Å². The summed E-state index contributed by atoms with van der Waals surface area (Å²) in [6, 6.07) is 14.8. The van der Waals surface area contributed by atoms with E-state index >= 15 is 0 Å². The standard InChI is InChI=1S/C21H11Cl3N2O3S2/c22-11-4-6-12(7-5-11)30-17-9-8-13(31-17)10-14-19(27)25-21(29)26(20(14)28)16-3-1-2-15(23)18(16)24/h1-10H,(H,25,27,29)/b14-10+. The summed E-state index contributed by atoms with van der Waals surface area (Å²) in [6.45, 7) is 0. The van der Waals surface area contributed by atoms with Crippen LogP contribution in [0.3, 0.4) is 0 Å². The first kappa shape index (κ1) is 21.9. The maximum absolute atomic E-state index is 13.0. The van der Waals surface area contributed by atoms with Crippen molar-refractivity contribution in [1.29, 1.82) is 0 Å². The molecule has 1 aliphatic heterocycles. The van der Waals surface area contributed by atoms with Crippen molar-refractivity contribution >= 4 is 87.5 Å². The first-order valence-electron chi connectivity index (χ1n) is 8.72. The fraction of sp³-hybridized carbons (Fsp3) is 0. The number of halogens is 3. The van der Waals surface area contributed by atoms with Gasteiger partial charge in [0, 0.05) is 14.8 Å². The number of nitrogens with zero attached hydrogens (tertiary/aromatic N) is 1. The van der Waals surface area contributed by atoms with Gasteiger partial charge in [0.15, 0.2) is 0 Å². The number of carbonyl (C=O) groups excluding carboxylic acids is 3. The smallest absolute Gasteiger partial charge is 0.273 e. The van der Waals surface area contributed by atoms with Gasteiger partial charge in [0.1, 0.15) is 5.57 Å². The molecule has 1 aromatic heterocycles. The van der Waals surface area contributed by atoms with Crippen molar-refractivity contribution in [3.05, 3.63) is 80.1 Å². The van der Waals surface area contributed by atoms with Crippen LogP contribution >= 0.6 is 57.9 Å². The van der Waals surface area contributed by atoms with Gasteiger partial charge in [-0.3, -0.25) is 14.9 Å². The lowest BCUT2D eigenvalue weighted by Gasteiger charge is -2.27. The molecule has 0 aliphatic carbocycles. The minimum absolute atomic E-state index is 0.0409. The van der Waals surface area contributed by atoms with Crippen LogP contribution in [0.15, 0.2) is 69.3 Å². The molecule has 2 aromatic carbocycles. The van der Waals surface area contributed by atoms with Gasteiger partial charge in [-0.25, -0.2) is 9.69 Å². The van der Waals surface area contributed by atoms with Crippen molar-refractivity contribution in [2.45, 2.75) is 9.10 Å². The minimum Gasteiger partial charge on any atom is -0.273 e. The highest BCUT2D eigenvalue weighted by atomic mass is 35.5. The van der Waals surface area contributed by atoms with Crippen LogP contribution in [-0.2, 0) is 9.59 Å². The average molecular weight is 510 g/mol. The molecule has 0 atom stereocenters. The number of barbiturate groups is 1. The molecule has 0 radical (unpaired) electrons. The Morgan fingerprint density at radius 3 is 2.42 bits per heavy atom. The summed E-state index contributed by atoms with van der Waals surface area (Å²) < 4.78 is 0.962. The van der Waals surface area contributed by atoms with E-state index in [1.807, 2.05) is 18.2 Å². The van der Waals surface area contributed by atoms with Crippen LogP contribution < -0.4 is 10.2 Å². The average Bonchev–Trinajstić information content (AvgIpc) is 3.17. The first-order valence-corrected chi connectivity index (χ1v) is 11.5. The number of imide groups is 2. The normalized spacial score (nSPS) is 15.5. The van der Waals surface area contributed by atoms with Gasteiger partial charge in [-0.15, -0.1) is 11.3 Å². The van der Waals surface area contributed by atoms with Gasteiger partial charge in [-0.2, -0.15) is 0 Å². The molecule has 0 unspecified atom stereocenters. The second-order valence-electron chi connectivity index (χ2n) is 6.24. The highest BCUT2D eigenvalue weighted by Gasteiger charge is 2.38. The lowest BCUT2D eigenvalue weighted by atomic mass is 10.1. The van der Waals surface area contributed by atoms with E-state index in [9.17, 15) is 14.4 Å². The van der Waals surface area contributed by atoms with E-state index in [1.165, 1.54) is 41.3 Å². The number of amides is 4. The van der Waals surface area contributed by atoms with E-state index in [0.717, 1.165) is 14.0 Å². The third-order valence-corrected chi connectivity index (χ3v) is 7.43. The number of thiophene rings is 1. The Labute approximate surface area is 200 Å². The van der Waals surface area contributed by atoms with Gasteiger partial charge in [-0.1, -0.05) is 52.6 Å². The molecule has 1 fully saturated rings. The van der Waals surface area contributed by atoms with Crippen LogP contribution in [0.25, 0.3) is 6.08 Å². The Bertz CT molecular complexity index is 1240. The number of carbonyl (C=O) groups is 3. The second kappa shape index (κ2) is 9.06. The van der Waals surface area contributed by atoms with Gasteiger partial charge >= 0.3 is 6.03 Å². The quantitative estimate of drug-likeness (QED) is 0.321. The topological polar surface area (TPSA) is 66.5 Å². The monoisotopic (exact) mass is 508 g/mol. The molecule has 1 saturated heterocycles. The number of nitrogens with one attached hydrogen (secondary N) is 1. The van der Waals surface area contributed by atoms with Crippen LogP contribution in [0, 0.1) is 0 Å². The van der Waals surface area contributed by atoms with E-state index in [1.54, 1.807) is 24.3 Å². The number of hydrogen-bond acceptors (Lipinski definition) is 5. The molecule has 0 bridgehead atoms. The predicted molar refractivity (Wildman–Crippen MR) is 125 cm³/mol. The van der Waals surface area contributed by atoms with E-state index < -0.39 is 17.8 Å². The Kier molecular flexibility index (Phi) is 6.41. The summed E-state index contributed by atoms with van der Waals surface area (Å²) >= 11 is 21.0. The molecule has 4 amide bonds. The van der Waals surface area contributed by atoms with Crippen LogP contribution in [0.1, 0.15) is 4.88 Å². The zero-order valence-electron chi connectivity index (χ0n) is 15.4. The van der Waals surface area contributed by atoms with Gasteiger partial charge in [0.05, 0.1) is 19.9 Å². The number of hydrogen-bond donors (Lipinski definition) is 1. The molecular weight excluding hydrogens is 499 g/mol. The molecule has 0 saturated carbocycles. The number of rotatable bonds is 4. The number of anilines is 1. The Morgan fingerprint density at radius 2 is 1.68 bits per heavy atom. The minimum atomic E-state index is -0.888. The highest BCUT2D eigenvalue weighted by Crippen LogP contribution is 2.36. The Hall–Kier alpha value is -2.29. The first-order chi connectivity index (χ1) is 14.8. The molecule has 5 nitrogen and oxygen atoms in total. The fourth-order valence-corrected chi connectivity index (χ4v) is 5.34. The Balaban J connectivity index is 1.62. The molecule has 1 N–H and O–H groups in total. The largest absolute Gasteiger partial charge is 0.336 e. The summed E-state index contributed by atoms with van der Waals surface area (Å²) in [5, 5.41) is 3.05. The van der Waals surface area contributed by atoms with Crippen LogP contribution in [0.5, 0.6) is 0 Å². The zero-order chi connectivity index (χ0) is 22.1. The lowest BCUT2D eigenvalue weighted by Crippen LogP contribution is -2.54. The molecule has 0 spiro atoms. The molecule has 4 rings (SSSR count). The van der Waals surface area contributed by atoms with E-state index in [4.69, 9.17) is 34.8 Å². The summed E-state index contributed by atoms with van der Waals surface area (Å²) in [7, 11) is 0. The van der Waals surface area contributed by atoms with Crippen LogP contribution in [-0.4, -0.2) is 17.8 Å². The second-order valence-corrected chi connectivity index (χ2v) is 9.95. The maximum Gasteiger partial charge on any atom is 0.336 e. The lowest BCUT2D eigenvalue weighted by molar-refractivity contribution is -0.122. The van der Waals surface area contributed by atoms with Crippen molar-refractivity contribution in [3.8, 4) is 0 Å². The van der Waals surface area contributed by atoms with Gasteiger partial charge in [0.25, 0.3) is 11.8 Å². The molecular formula is C21H11Cl3N2O3S2. The summed E-state index contributed by atoms with van der Waals surface area (Å²) in [6.07, 6.45) is 1.45. The molecule has 3 aromatic rings. The van der Waals surface area contributed by atoms with Crippen molar-refractivity contribution < 1.29 is 14.4 Å². The van der Waals surface area contributed by atoms with Gasteiger partial charge in [-0.05, 0) is 54.6 Å². The highest BCUT2D eigenvalue weighted by molar-refractivity contribution is 8.01. The number of urea groups is 1. The summed E-state index contributed by atoms with van der Waals surface area (Å²) in [4.78, 5) is 40.2. The number of benzene rings is 2. The SMILES string of the molecule is O=C1NC(=O)N(c2cccc(Cl)c2Cl)C(=O)/C1=C/c1ccc(Sc2ccc(Cl)cc2)s1. The molecule has 31 heavy (non-hydrogen) atoms. The van der Waals surface area contributed by atoms with Gasteiger partial charge in [0.2, 0.25) is 0 Å². The molecule has 10 heteroatoms.